The van der Waals surface area contributed by atoms with Gasteiger partial charge in [0.15, 0.2) is 0 Å². The molecule has 0 aromatic heterocycles. The van der Waals surface area contributed by atoms with Crippen LogP contribution in [0.3, 0.4) is 0 Å². The van der Waals surface area contributed by atoms with E-state index in [4.69, 9.17) is 0 Å². The van der Waals surface area contributed by atoms with E-state index < -0.39 is 0 Å². The van der Waals surface area contributed by atoms with Crippen molar-refractivity contribution in [1.82, 2.24) is 10.2 Å². The number of benzene rings is 1. The molecule has 0 radical (unpaired) electrons. The standard InChI is InChI=1S/C15H20N2O2.C2H6/c1-12(18)17-11-5-8-14(17)15(19)16-10-9-13-6-3-2-4-7-13;1-2/h2-4,6-7,14H,5,8-11H2,1H3,(H,16,19);1-2H3. The fourth-order valence-electron chi connectivity index (χ4n) is 2.51. The molecule has 1 aromatic carbocycles. The third kappa shape index (κ3) is 5.21. The van der Waals surface area contributed by atoms with E-state index in [2.05, 4.69) is 5.32 Å². The van der Waals surface area contributed by atoms with Crippen LogP contribution in [0.25, 0.3) is 0 Å². The lowest BCUT2D eigenvalue weighted by atomic mass is 10.1. The number of hydrogen-bond acceptors (Lipinski definition) is 2. The molecule has 0 aliphatic carbocycles. The maximum absolute atomic E-state index is 12.0. The molecule has 1 unspecified atom stereocenters. The average Bonchev–Trinajstić information content (AvgIpc) is 3.00. The largest absolute Gasteiger partial charge is 0.354 e. The van der Waals surface area contributed by atoms with Crippen LogP contribution in [0.2, 0.25) is 0 Å². The molecule has 1 aliphatic rings. The topological polar surface area (TPSA) is 49.4 Å². The van der Waals surface area contributed by atoms with Crippen LogP contribution in [0.5, 0.6) is 0 Å². The van der Waals surface area contributed by atoms with Crippen LogP contribution in [0, 0.1) is 0 Å². The monoisotopic (exact) mass is 290 g/mol. The second kappa shape index (κ2) is 9.16. The molecule has 0 spiro atoms. The van der Waals surface area contributed by atoms with E-state index >= 15 is 0 Å². The summed E-state index contributed by atoms with van der Waals surface area (Å²) in [6, 6.07) is 9.78. The number of nitrogens with zero attached hydrogens (tertiary/aromatic N) is 1. The number of rotatable bonds is 4. The van der Waals surface area contributed by atoms with Gasteiger partial charge in [0.05, 0.1) is 0 Å². The van der Waals surface area contributed by atoms with Crippen molar-refractivity contribution in [2.45, 2.75) is 46.1 Å². The van der Waals surface area contributed by atoms with Gasteiger partial charge >= 0.3 is 0 Å². The van der Waals surface area contributed by atoms with E-state index in [1.807, 2.05) is 44.2 Å². The molecule has 4 heteroatoms. The summed E-state index contributed by atoms with van der Waals surface area (Å²) >= 11 is 0. The molecule has 1 saturated heterocycles. The second-order valence-electron chi connectivity index (χ2n) is 4.90. The van der Waals surface area contributed by atoms with Gasteiger partial charge in [-0.1, -0.05) is 44.2 Å². The Bertz CT molecular complexity index is 445. The van der Waals surface area contributed by atoms with Crippen LogP contribution in [0.4, 0.5) is 0 Å². The van der Waals surface area contributed by atoms with Crippen LogP contribution in [0.15, 0.2) is 30.3 Å². The molecule has 1 N–H and O–H groups in total. The normalized spacial score (nSPS) is 16.9. The van der Waals surface area contributed by atoms with Gasteiger partial charge in [0.25, 0.3) is 0 Å². The number of carbonyl (C=O) groups is 2. The lowest BCUT2D eigenvalue weighted by Gasteiger charge is -2.22. The van der Waals surface area contributed by atoms with E-state index in [9.17, 15) is 9.59 Å². The number of nitrogens with one attached hydrogen (secondary N) is 1. The lowest BCUT2D eigenvalue weighted by Crippen LogP contribution is -2.45. The fraction of sp³-hybridized carbons (Fsp3) is 0.529. The van der Waals surface area contributed by atoms with Crippen LogP contribution >= 0.6 is 0 Å². The van der Waals surface area contributed by atoms with Crippen molar-refractivity contribution in [3.05, 3.63) is 35.9 Å². The Hall–Kier alpha value is -1.84. The molecule has 116 valence electrons. The zero-order valence-corrected chi connectivity index (χ0v) is 13.3. The quantitative estimate of drug-likeness (QED) is 0.925. The summed E-state index contributed by atoms with van der Waals surface area (Å²) in [7, 11) is 0. The molecule has 0 saturated carbocycles. The van der Waals surface area contributed by atoms with Gasteiger partial charge in [-0.15, -0.1) is 0 Å². The van der Waals surface area contributed by atoms with Crippen molar-refractivity contribution in [2.24, 2.45) is 0 Å². The predicted octanol–water partition coefficient (Wildman–Crippen LogP) is 2.38. The Morgan fingerprint density at radius 2 is 1.90 bits per heavy atom. The molecule has 0 bridgehead atoms. The van der Waals surface area contributed by atoms with E-state index in [0.29, 0.717) is 13.1 Å². The molecule has 1 aliphatic heterocycles. The second-order valence-corrected chi connectivity index (χ2v) is 4.90. The van der Waals surface area contributed by atoms with Gasteiger partial charge in [0, 0.05) is 20.0 Å². The highest BCUT2D eigenvalue weighted by molar-refractivity contribution is 5.87. The molecule has 1 heterocycles. The van der Waals surface area contributed by atoms with E-state index in [-0.39, 0.29) is 17.9 Å². The minimum Gasteiger partial charge on any atom is -0.354 e. The molecule has 21 heavy (non-hydrogen) atoms. The highest BCUT2D eigenvalue weighted by Gasteiger charge is 2.31. The first-order chi connectivity index (χ1) is 10.2. The highest BCUT2D eigenvalue weighted by atomic mass is 16.2. The molecule has 2 amide bonds. The molecular formula is C17H26N2O2. The van der Waals surface area contributed by atoms with Crippen molar-refractivity contribution in [3.63, 3.8) is 0 Å². The first-order valence-electron chi connectivity index (χ1n) is 7.77. The summed E-state index contributed by atoms with van der Waals surface area (Å²) in [5, 5.41) is 2.93. The van der Waals surface area contributed by atoms with Crippen molar-refractivity contribution in [3.8, 4) is 0 Å². The third-order valence-corrected chi connectivity index (χ3v) is 3.52. The molecule has 2 rings (SSSR count). The van der Waals surface area contributed by atoms with Gasteiger partial charge < -0.3 is 10.2 Å². The zero-order chi connectivity index (χ0) is 15.7. The first-order valence-corrected chi connectivity index (χ1v) is 7.77. The Balaban J connectivity index is 0.00000106. The van der Waals surface area contributed by atoms with Crippen LogP contribution < -0.4 is 5.32 Å². The maximum atomic E-state index is 12.0. The summed E-state index contributed by atoms with van der Waals surface area (Å²) in [6.45, 7) is 6.84. The van der Waals surface area contributed by atoms with Gasteiger partial charge in [-0.2, -0.15) is 0 Å². The lowest BCUT2D eigenvalue weighted by molar-refractivity contribution is -0.136. The Morgan fingerprint density at radius 1 is 1.24 bits per heavy atom. The summed E-state index contributed by atoms with van der Waals surface area (Å²) < 4.78 is 0. The first kappa shape index (κ1) is 17.2. The number of likely N-dealkylation sites (tertiary alicyclic amines) is 1. The van der Waals surface area contributed by atoms with Crippen molar-refractivity contribution >= 4 is 11.8 Å². The Kier molecular flexibility index (Phi) is 7.51. The minimum atomic E-state index is -0.270. The summed E-state index contributed by atoms with van der Waals surface area (Å²) in [6.07, 6.45) is 2.51. The molecule has 1 fully saturated rings. The number of hydrogen-bond donors (Lipinski definition) is 1. The number of amides is 2. The number of carbonyl (C=O) groups excluding carboxylic acids is 2. The van der Waals surface area contributed by atoms with Crippen LogP contribution in [0.1, 0.15) is 39.2 Å². The van der Waals surface area contributed by atoms with Gasteiger partial charge in [0.2, 0.25) is 11.8 Å². The minimum absolute atomic E-state index is 0.0132. The van der Waals surface area contributed by atoms with Crippen molar-refractivity contribution in [1.29, 1.82) is 0 Å². The third-order valence-electron chi connectivity index (χ3n) is 3.52. The smallest absolute Gasteiger partial charge is 0.242 e. The van der Waals surface area contributed by atoms with Crippen molar-refractivity contribution < 1.29 is 9.59 Å². The summed E-state index contributed by atoms with van der Waals surface area (Å²) in [5.41, 5.74) is 1.21. The molecule has 1 atom stereocenters. The van der Waals surface area contributed by atoms with Gasteiger partial charge in [0.1, 0.15) is 6.04 Å². The molecular weight excluding hydrogens is 264 g/mol. The predicted molar refractivity (Wildman–Crippen MR) is 84.9 cm³/mol. The van der Waals surface area contributed by atoms with E-state index in [1.165, 1.54) is 12.5 Å². The molecule has 4 nitrogen and oxygen atoms in total. The summed E-state index contributed by atoms with van der Waals surface area (Å²) in [4.78, 5) is 25.1. The van der Waals surface area contributed by atoms with Crippen LogP contribution in [-0.4, -0.2) is 35.8 Å². The van der Waals surface area contributed by atoms with Crippen molar-refractivity contribution in [2.75, 3.05) is 13.1 Å². The SMILES string of the molecule is CC.CC(=O)N1CCCC1C(=O)NCCc1ccccc1. The van der Waals surface area contributed by atoms with Gasteiger partial charge in [-0.05, 0) is 24.8 Å². The van der Waals surface area contributed by atoms with Crippen LogP contribution in [-0.2, 0) is 16.0 Å². The Morgan fingerprint density at radius 3 is 2.52 bits per heavy atom. The van der Waals surface area contributed by atoms with Gasteiger partial charge in [-0.3, -0.25) is 9.59 Å². The maximum Gasteiger partial charge on any atom is 0.242 e. The van der Waals surface area contributed by atoms with E-state index in [1.54, 1.807) is 4.90 Å². The highest BCUT2D eigenvalue weighted by Crippen LogP contribution is 2.17. The fourth-order valence-corrected chi connectivity index (χ4v) is 2.51. The summed E-state index contributed by atoms with van der Waals surface area (Å²) in [5.74, 6) is -0.0376. The average molecular weight is 290 g/mol. The zero-order valence-electron chi connectivity index (χ0n) is 13.3. The Labute approximate surface area is 127 Å². The van der Waals surface area contributed by atoms with E-state index in [0.717, 1.165) is 19.3 Å². The van der Waals surface area contributed by atoms with Gasteiger partial charge in [-0.25, -0.2) is 0 Å². The molecule has 1 aromatic rings.